The molecule has 1 aliphatic rings. The molecule has 0 aliphatic carbocycles. The molecule has 1 heterocycles. The van der Waals surface area contributed by atoms with E-state index in [4.69, 9.17) is 21.4 Å². The third-order valence-corrected chi connectivity index (χ3v) is 2.27. The molecule has 12 heavy (non-hydrogen) atoms. The van der Waals surface area contributed by atoms with E-state index in [9.17, 15) is 8.78 Å². The second-order valence-corrected chi connectivity index (χ2v) is 3.44. The number of halogens is 3. The first kappa shape index (κ1) is 10.2. The van der Waals surface area contributed by atoms with Crippen LogP contribution in [0.25, 0.3) is 0 Å². The summed E-state index contributed by atoms with van der Waals surface area (Å²) in [6, 6.07) is 0. The van der Waals surface area contributed by atoms with Crippen LogP contribution in [0.15, 0.2) is 0 Å². The van der Waals surface area contributed by atoms with E-state index < -0.39 is 17.4 Å². The Morgan fingerprint density at radius 3 is 2.33 bits per heavy atom. The van der Waals surface area contributed by atoms with E-state index in [1.807, 2.05) is 0 Å². The van der Waals surface area contributed by atoms with Crippen molar-refractivity contribution in [1.29, 1.82) is 0 Å². The molecule has 1 N–H and O–H groups in total. The average molecular weight is 201 g/mol. The van der Waals surface area contributed by atoms with Gasteiger partial charge in [-0.1, -0.05) is 0 Å². The maximum atomic E-state index is 12.4. The van der Waals surface area contributed by atoms with E-state index in [1.165, 1.54) is 0 Å². The first-order valence-electron chi connectivity index (χ1n) is 3.84. The predicted molar refractivity (Wildman–Crippen MR) is 40.3 cm³/mol. The fraction of sp³-hybridized carbons (Fsp3) is 1.00. The van der Waals surface area contributed by atoms with Crippen molar-refractivity contribution in [2.24, 2.45) is 5.92 Å². The van der Waals surface area contributed by atoms with Gasteiger partial charge >= 0.3 is 5.38 Å². The monoisotopic (exact) mass is 200 g/mol. The van der Waals surface area contributed by atoms with Gasteiger partial charge in [0.05, 0.1) is 0 Å². The molecule has 1 fully saturated rings. The quantitative estimate of drug-likeness (QED) is 0.687. The Kier molecular flexibility index (Phi) is 3.26. The van der Waals surface area contributed by atoms with Gasteiger partial charge in [0.1, 0.15) is 6.10 Å². The minimum absolute atomic E-state index is 0.425. The summed E-state index contributed by atoms with van der Waals surface area (Å²) in [5.41, 5.74) is 0. The zero-order valence-corrected chi connectivity index (χ0v) is 7.23. The lowest BCUT2D eigenvalue weighted by Gasteiger charge is -2.28. The molecule has 0 spiro atoms. The van der Waals surface area contributed by atoms with E-state index in [2.05, 4.69) is 0 Å². The van der Waals surface area contributed by atoms with Crippen molar-refractivity contribution in [1.82, 2.24) is 0 Å². The molecule has 0 aromatic carbocycles. The summed E-state index contributed by atoms with van der Waals surface area (Å²) in [6.45, 7) is 0.851. The van der Waals surface area contributed by atoms with Crippen LogP contribution in [-0.2, 0) is 4.74 Å². The number of alkyl halides is 3. The first-order chi connectivity index (χ1) is 5.52. The van der Waals surface area contributed by atoms with Gasteiger partial charge in [-0.2, -0.15) is 8.78 Å². The summed E-state index contributed by atoms with van der Waals surface area (Å²) in [4.78, 5) is 0. The van der Waals surface area contributed by atoms with Crippen LogP contribution < -0.4 is 0 Å². The van der Waals surface area contributed by atoms with Crippen molar-refractivity contribution >= 4 is 11.6 Å². The highest BCUT2D eigenvalue weighted by Crippen LogP contribution is 2.32. The summed E-state index contributed by atoms with van der Waals surface area (Å²) in [5.74, 6) is -0.439. The highest BCUT2D eigenvalue weighted by molar-refractivity contribution is 6.22. The van der Waals surface area contributed by atoms with Crippen molar-refractivity contribution < 1.29 is 18.6 Å². The van der Waals surface area contributed by atoms with Crippen molar-refractivity contribution in [3.63, 3.8) is 0 Å². The molecule has 1 atom stereocenters. The molecule has 0 saturated carbocycles. The van der Waals surface area contributed by atoms with Crippen molar-refractivity contribution in [2.75, 3.05) is 13.2 Å². The lowest BCUT2D eigenvalue weighted by molar-refractivity contribution is -0.0932. The molecule has 72 valence electrons. The summed E-state index contributed by atoms with van der Waals surface area (Å²) in [6.07, 6.45) is -0.851. The second kappa shape index (κ2) is 3.85. The molecule has 1 aliphatic heterocycles. The van der Waals surface area contributed by atoms with Crippen molar-refractivity contribution in [3.05, 3.63) is 0 Å². The highest BCUT2D eigenvalue weighted by Gasteiger charge is 2.41. The molecule has 2 nitrogen and oxygen atoms in total. The maximum absolute atomic E-state index is 12.4. The zero-order chi connectivity index (χ0) is 9.19. The standard InChI is InChI=1S/C7H11ClF2O2/c8-7(9,10)6(11)5-1-3-12-4-2-5/h5-6,11H,1-4H2. The summed E-state index contributed by atoms with van der Waals surface area (Å²) >= 11 is 4.69. The van der Waals surface area contributed by atoms with E-state index in [0.717, 1.165) is 0 Å². The minimum Gasteiger partial charge on any atom is -0.385 e. The van der Waals surface area contributed by atoms with Crippen LogP contribution in [0, 0.1) is 5.92 Å². The van der Waals surface area contributed by atoms with Crippen molar-refractivity contribution in [3.8, 4) is 0 Å². The molecule has 0 amide bonds. The summed E-state index contributed by atoms with van der Waals surface area (Å²) < 4.78 is 29.7. The zero-order valence-electron chi connectivity index (χ0n) is 6.47. The predicted octanol–water partition coefficient (Wildman–Crippen LogP) is 1.61. The Labute approximate surface area is 74.5 Å². The molecule has 0 aromatic heterocycles. The molecule has 1 saturated heterocycles. The van der Waals surface area contributed by atoms with Crippen LogP contribution in [-0.4, -0.2) is 29.8 Å². The van der Waals surface area contributed by atoms with Gasteiger partial charge in [0.15, 0.2) is 0 Å². The highest BCUT2D eigenvalue weighted by atomic mass is 35.5. The molecular weight excluding hydrogens is 190 g/mol. The van der Waals surface area contributed by atoms with E-state index in [1.54, 1.807) is 0 Å². The van der Waals surface area contributed by atoms with Gasteiger partial charge < -0.3 is 9.84 Å². The summed E-state index contributed by atoms with van der Waals surface area (Å²) in [7, 11) is 0. The molecule has 0 aromatic rings. The van der Waals surface area contributed by atoms with Crippen LogP contribution in [0.4, 0.5) is 8.78 Å². The Morgan fingerprint density at radius 1 is 1.42 bits per heavy atom. The van der Waals surface area contributed by atoms with Crippen LogP contribution in [0.2, 0.25) is 0 Å². The SMILES string of the molecule is OC(C1CCOCC1)C(F)(F)Cl. The number of rotatable bonds is 2. The first-order valence-corrected chi connectivity index (χ1v) is 4.22. The number of hydrogen-bond acceptors (Lipinski definition) is 2. The van der Waals surface area contributed by atoms with Crippen LogP contribution in [0.1, 0.15) is 12.8 Å². The molecular formula is C7H11ClF2O2. The van der Waals surface area contributed by atoms with Gasteiger partial charge in [0.25, 0.3) is 0 Å². The topological polar surface area (TPSA) is 29.5 Å². The number of aliphatic hydroxyl groups is 1. The third kappa shape index (κ3) is 2.54. The van der Waals surface area contributed by atoms with Gasteiger partial charge in [-0.05, 0) is 30.4 Å². The fourth-order valence-corrected chi connectivity index (χ4v) is 1.48. The molecule has 0 radical (unpaired) electrons. The Balaban J connectivity index is 2.45. The van der Waals surface area contributed by atoms with Gasteiger partial charge in [-0.15, -0.1) is 0 Å². The fourth-order valence-electron chi connectivity index (χ4n) is 1.30. The van der Waals surface area contributed by atoms with Gasteiger partial charge in [0, 0.05) is 13.2 Å². The molecule has 5 heteroatoms. The minimum atomic E-state index is -3.51. The van der Waals surface area contributed by atoms with Crippen LogP contribution >= 0.6 is 11.6 Å². The number of hydrogen-bond donors (Lipinski definition) is 1. The van der Waals surface area contributed by atoms with Crippen LogP contribution in [0.5, 0.6) is 0 Å². The average Bonchev–Trinajstić information content (AvgIpc) is 2.03. The smallest absolute Gasteiger partial charge is 0.347 e. The Bertz CT molecular complexity index is 143. The van der Waals surface area contributed by atoms with Gasteiger partial charge in [-0.3, -0.25) is 0 Å². The van der Waals surface area contributed by atoms with Crippen molar-refractivity contribution in [2.45, 2.75) is 24.3 Å². The van der Waals surface area contributed by atoms with Crippen LogP contribution in [0.3, 0.4) is 0 Å². The van der Waals surface area contributed by atoms with Gasteiger partial charge in [-0.25, -0.2) is 0 Å². The molecule has 0 bridgehead atoms. The Hall–Kier alpha value is 0.0700. The second-order valence-electron chi connectivity index (χ2n) is 2.94. The van der Waals surface area contributed by atoms with Gasteiger partial charge in [0.2, 0.25) is 0 Å². The normalized spacial score (nSPS) is 24.0. The van der Waals surface area contributed by atoms with E-state index in [-0.39, 0.29) is 0 Å². The summed E-state index contributed by atoms with van der Waals surface area (Å²) in [5, 5.41) is 5.56. The molecule has 1 rings (SSSR count). The maximum Gasteiger partial charge on any atom is 0.347 e. The van der Waals surface area contributed by atoms with E-state index >= 15 is 0 Å². The largest absolute Gasteiger partial charge is 0.385 e. The van der Waals surface area contributed by atoms with E-state index in [0.29, 0.717) is 26.1 Å². The lowest BCUT2D eigenvalue weighted by atomic mass is 9.94. The lowest BCUT2D eigenvalue weighted by Crippen LogP contribution is -2.38. The third-order valence-electron chi connectivity index (χ3n) is 2.05. The number of aliphatic hydroxyl groups excluding tert-OH is 1. The Morgan fingerprint density at radius 2 is 1.92 bits per heavy atom. The molecule has 1 unspecified atom stereocenters. The number of ether oxygens (including phenoxy) is 1.